The SMILES string of the molecule is Cc1cccc(C)c1Nc1c(-c2ccc(OC(=O)C(C)N)cc2OCC(N)=O)nc2ccccn12. The molecule has 0 saturated heterocycles. The maximum Gasteiger partial charge on any atom is 0.328 e. The highest BCUT2D eigenvalue weighted by atomic mass is 16.5. The molecule has 0 saturated carbocycles. The number of aromatic nitrogens is 2. The van der Waals surface area contributed by atoms with Gasteiger partial charge in [-0.05, 0) is 56.2 Å². The Kier molecular flexibility index (Phi) is 6.70. The summed E-state index contributed by atoms with van der Waals surface area (Å²) >= 11 is 0. The van der Waals surface area contributed by atoms with Crippen LogP contribution in [0.4, 0.5) is 11.5 Å². The molecule has 0 spiro atoms. The normalized spacial score (nSPS) is 11.8. The van der Waals surface area contributed by atoms with Crippen molar-refractivity contribution in [3.63, 3.8) is 0 Å². The van der Waals surface area contributed by atoms with Crippen LogP contribution in [-0.4, -0.2) is 33.9 Å². The van der Waals surface area contributed by atoms with E-state index in [0.29, 0.717) is 22.7 Å². The number of ether oxygens (including phenoxy) is 2. The number of nitrogens with one attached hydrogen (secondary N) is 1. The second-order valence-electron chi connectivity index (χ2n) is 8.25. The average molecular weight is 474 g/mol. The van der Waals surface area contributed by atoms with Gasteiger partial charge in [-0.25, -0.2) is 9.78 Å². The minimum Gasteiger partial charge on any atom is -0.483 e. The largest absolute Gasteiger partial charge is 0.483 e. The number of rotatable bonds is 8. The summed E-state index contributed by atoms with van der Waals surface area (Å²) in [5.41, 5.74) is 15.9. The Labute approximate surface area is 202 Å². The predicted molar refractivity (Wildman–Crippen MR) is 134 cm³/mol. The number of amides is 1. The van der Waals surface area contributed by atoms with Crippen molar-refractivity contribution in [2.24, 2.45) is 11.5 Å². The smallest absolute Gasteiger partial charge is 0.328 e. The Hall–Kier alpha value is -4.37. The Morgan fingerprint density at radius 3 is 2.51 bits per heavy atom. The van der Waals surface area contributed by atoms with Gasteiger partial charge in [-0.15, -0.1) is 0 Å². The third-order valence-electron chi connectivity index (χ3n) is 5.42. The van der Waals surface area contributed by atoms with Crippen molar-refractivity contribution < 1.29 is 19.1 Å². The molecular weight excluding hydrogens is 446 g/mol. The van der Waals surface area contributed by atoms with Crippen LogP contribution in [0.15, 0.2) is 60.8 Å². The molecule has 1 atom stereocenters. The standard InChI is InChI=1S/C26H27N5O4/c1-15-7-6-8-16(2)23(15)30-25-24(29-22-9-4-5-12-31(22)25)19-11-10-18(35-26(33)17(3)27)13-20(19)34-14-21(28)32/h4-13,17,30H,14,27H2,1-3H3,(H2,28,32). The quantitative estimate of drug-likeness (QED) is 0.263. The van der Waals surface area contributed by atoms with Crippen LogP contribution in [-0.2, 0) is 9.59 Å². The first-order valence-corrected chi connectivity index (χ1v) is 11.1. The van der Waals surface area contributed by atoms with Crippen LogP contribution < -0.4 is 26.3 Å². The third kappa shape index (κ3) is 5.10. The van der Waals surface area contributed by atoms with E-state index in [-0.39, 0.29) is 18.1 Å². The number of carbonyl (C=O) groups is 2. The third-order valence-corrected chi connectivity index (χ3v) is 5.42. The van der Waals surface area contributed by atoms with Crippen LogP contribution in [0.5, 0.6) is 11.5 Å². The number of primary amides is 1. The Bertz CT molecular complexity index is 1390. The van der Waals surface area contributed by atoms with Crippen molar-refractivity contribution in [3.05, 3.63) is 71.9 Å². The first kappa shape index (κ1) is 23.8. The van der Waals surface area contributed by atoms with Gasteiger partial charge in [-0.1, -0.05) is 24.3 Å². The van der Waals surface area contributed by atoms with Gasteiger partial charge in [0.05, 0.1) is 0 Å². The second kappa shape index (κ2) is 9.86. The van der Waals surface area contributed by atoms with Crippen molar-refractivity contribution >= 4 is 29.0 Å². The van der Waals surface area contributed by atoms with Gasteiger partial charge in [0.2, 0.25) is 0 Å². The van der Waals surface area contributed by atoms with Crippen LogP contribution in [0.1, 0.15) is 18.1 Å². The molecule has 0 aliphatic rings. The van der Waals surface area contributed by atoms with E-state index >= 15 is 0 Å². The van der Waals surface area contributed by atoms with E-state index in [9.17, 15) is 9.59 Å². The molecule has 35 heavy (non-hydrogen) atoms. The zero-order valence-electron chi connectivity index (χ0n) is 19.7. The lowest BCUT2D eigenvalue weighted by Crippen LogP contribution is -2.30. The number of para-hydroxylation sites is 1. The predicted octanol–water partition coefficient (Wildman–Crippen LogP) is 3.48. The molecule has 0 aliphatic heterocycles. The first-order valence-electron chi connectivity index (χ1n) is 11.1. The van der Waals surface area contributed by atoms with Crippen molar-refractivity contribution in [3.8, 4) is 22.8 Å². The molecule has 2 aromatic heterocycles. The molecule has 2 heterocycles. The fraction of sp³-hybridized carbons (Fsp3) is 0.192. The molecule has 0 radical (unpaired) electrons. The van der Waals surface area contributed by atoms with E-state index in [2.05, 4.69) is 5.32 Å². The number of nitrogens with two attached hydrogens (primary N) is 2. The molecule has 180 valence electrons. The maximum atomic E-state index is 12.0. The Balaban J connectivity index is 1.86. The van der Waals surface area contributed by atoms with Gasteiger partial charge in [-0.3, -0.25) is 9.20 Å². The van der Waals surface area contributed by atoms with Gasteiger partial charge in [-0.2, -0.15) is 0 Å². The molecule has 4 aromatic rings. The van der Waals surface area contributed by atoms with E-state index < -0.39 is 17.9 Å². The lowest BCUT2D eigenvalue weighted by molar-refractivity contribution is -0.135. The van der Waals surface area contributed by atoms with Gasteiger partial charge in [0, 0.05) is 23.5 Å². The number of pyridine rings is 1. The van der Waals surface area contributed by atoms with Crippen molar-refractivity contribution in [2.45, 2.75) is 26.8 Å². The lowest BCUT2D eigenvalue weighted by atomic mass is 10.1. The molecule has 9 heteroatoms. The number of esters is 1. The molecule has 0 aliphatic carbocycles. The van der Waals surface area contributed by atoms with Crippen LogP contribution in [0.25, 0.3) is 16.9 Å². The molecular formula is C26H27N5O4. The van der Waals surface area contributed by atoms with Crippen LogP contribution in [0.3, 0.4) is 0 Å². The number of hydrogen-bond donors (Lipinski definition) is 3. The summed E-state index contributed by atoms with van der Waals surface area (Å²) in [7, 11) is 0. The zero-order valence-corrected chi connectivity index (χ0v) is 19.7. The highest BCUT2D eigenvalue weighted by Crippen LogP contribution is 2.39. The molecule has 1 amide bonds. The summed E-state index contributed by atoms with van der Waals surface area (Å²) in [6, 6.07) is 15.8. The number of hydrogen-bond acceptors (Lipinski definition) is 7. The van der Waals surface area contributed by atoms with Crippen LogP contribution in [0.2, 0.25) is 0 Å². The number of nitrogens with zero attached hydrogens (tertiary/aromatic N) is 2. The Morgan fingerprint density at radius 2 is 1.83 bits per heavy atom. The van der Waals surface area contributed by atoms with E-state index in [1.807, 2.05) is 60.8 Å². The molecule has 2 aromatic carbocycles. The fourth-order valence-electron chi connectivity index (χ4n) is 3.67. The minimum absolute atomic E-state index is 0.226. The highest BCUT2D eigenvalue weighted by molar-refractivity contribution is 5.85. The summed E-state index contributed by atoms with van der Waals surface area (Å²) in [5.74, 6) is -0.0148. The van der Waals surface area contributed by atoms with Crippen molar-refractivity contribution in [2.75, 3.05) is 11.9 Å². The zero-order chi connectivity index (χ0) is 25.1. The average Bonchev–Trinajstić information content (AvgIpc) is 3.18. The molecule has 9 nitrogen and oxygen atoms in total. The number of anilines is 2. The van der Waals surface area contributed by atoms with Crippen LogP contribution >= 0.6 is 0 Å². The summed E-state index contributed by atoms with van der Waals surface area (Å²) < 4.78 is 13.0. The number of imidazole rings is 1. The molecule has 4 rings (SSSR count). The van der Waals surface area contributed by atoms with E-state index in [0.717, 1.165) is 16.8 Å². The monoisotopic (exact) mass is 473 g/mol. The fourth-order valence-corrected chi connectivity index (χ4v) is 3.67. The highest BCUT2D eigenvalue weighted by Gasteiger charge is 2.21. The molecule has 5 N–H and O–H groups in total. The van der Waals surface area contributed by atoms with E-state index in [4.69, 9.17) is 25.9 Å². The summed E-state index contributed by atoms with van der Waals surface area (Å²) in [5, 5.41) is 3.54. The maximum absolute atomic E-state index is 12.0. The molecule has 0 bridgehead atoms. The van der Waals surface area contributed by atoms with Gasteiger partial charge in [0.25, 0.3) is 5.91 Å². The number of fused-ring (bicyclic) bond motifs is 1. The van der Waals surface area contributed by atoms with E-state index in [1.165, 1.54) is 13.0 Å². The summed E-state index contributed by atoms with van der Waals surface area (Å²) in [6.07, 6.45) is 1.91. The summed E-state index contributed by atoms with van der Waals surface area (Å²) in [6.45, 7) is 5.23. The topological polar surface area (TPSA) is 134 Å². The van der Waals surface area contributed by atoms with Gasteiger partial charge < -0.3 is 26.3 Å². The first-order chi connectivity index (χ1) is 16.7. The van der Waals surface area contributed by atoms with Gasteiger partial charge in [0.1, 0.15) is 34.7 Å². The summed E-state index contributed by atoms with van der Waals surface area (Å²) in [4.78, 5) is 28.3. The Morgan fingerprint density at radius 1 is 1.09 bits per heavy atom. The van der Waals surface area contributed by atoms with Crippen molar-refractivity contribution in [1.82, 2.24) is 9.38 Å². The molecule has 1 unspecified atom stereocenters. The van der Waals surface area contributed by atoms with E-state index in [1.54, 1.807) is 12.1 Å². The van der Waals surface area contributed by atoms with Gasteiger partial charge in [0.15, 0.2) is 6.61 Å². The number of benzene rings is 2. The second-order valence-corrected chi connectivity index (χ2v) is 8.25. The van der Waals surface area contributed by atoms with Crippen molar-refractivity contribution in [1.29, 1.82) is 0 Å². The number of carbonyl (C=O) groups excluding carboxylic acids is 2. The lowest BCUT2D eigenvalue weighted by Gasteiger charge is -2.16. The van der Waals surface area contributed by atoms with Crippen LogP contribution in [0, 0.1) is 13.8 Å². The number of aryl methyl sites for hydroxylation is 2. The molecule has 0 fully saturated rings. The van der Waals surface area contributed by atoms with Gasteiger partial charge >= 0.3 is 5.97 Å². The minimum atomic E-state index is -0.795.